The molecule has 4 heteroatoms. The summed E-state index contributed by atoms with van der Waals surface area (Å²) in [6.45, 7) is 3.98. The van der Waals surface area contributed by atoms with Crippen molar-refractivity contribution in [2.24, 2.45) is 23.2 Å². The molecule has 0 saturated heterocycles. The molecule has 27 heavy (non-hydrogen) atoms. The molecule has 0 radical (unpaired) electrons. The molecule has 4 nitrogen and oxygen atoms in total. The van der Waals surface area contributed by atoms with Crippen LogP contribution in [0.15, 0.2) is 24.3 Å². The van der Waals surface area contributed by atoms with Gasteiger partial charge in [-0.05, 0) is 81.1 Å². The standard InChI is InChI=1S/C23H31NO3/c1-15-3-5-17(6-4-15)10-22(26)27-14-21(25)24-16(2)23-11-18-7-19(12-23)9-20(8-18)13-23/h3-6,16,18-20H,7-14H2,1-2H3,(H,24,25)/t16-,18?,19?,20?,23?/m1/s1. The van der Waals surface area contributed by atoms with Gasteiger partial charge in [-0.25, -0.2) is 0 Å². The predicted molar refractivity (Wildman–Crippen MR) is 104 cm³/mol. The number of esters is 1. The number of carbonyl (C=O) groups is 2. The van der Waals surface area contributed by atoms with Crippen molar-refractivity contribution < 1.29 is 14.3 Å². The molecule has 0 aliphatic heterocycles. The molecule has 4 fully saturated rings. The fourth-order valence-corrected chi connectivity index (χ4v) is 6.21. The van der Waals surface area contributed by atoms with Crippen LogP contribution < -0.4 is 5.32 Å². The van der Waals surface area contributed by atoms with Crippen molar-refractivity contribution in [3.63, 3.8) is 0 Å². The van der Waals surface area contributed by atoms with Gasteiger partial charge in [-0.1, -0.05) is 29.8 Å². The Hall–Kier alpha value is -1.84. The van der Waals surface area contributed by atoms with Gasteiger partial charge in [-0.15, -0.1) is 0 Å². The van der Waals surface area contributed by atoms with Crippen LogP contribution in [0.2, 0.25) is 0 Å². The van der Waals surface area contributed by atoms with E-state index in [9.17, 15) is 9.59 Å². The molecule has 5 rings (SSSR count). The van der Waals surface area contributed by atoms with Gasteiger partial charge in [0.25, 0.3) is 5.91 Å². The van der Waals surface area contributed by atoms with Crippen LogP contribution in [0.3, 0.4) is 0 Å². The lowest BCUT2D eigenvalue weighted by atomic mass is 9.48. The van der Waals surface area contributed by atoms with Gasteiger partial charge >= 0.3 is 5.97 Å². The zero-order valence-corrected chi connectivity index (χ0v) is 16.5. The number of rotatable bonds is 6. The van der Waals surface area contributed by atoms with Gasteiger partial charge in [0.2, 0.25) is 0 Å². The normalized spacial score (nSPS) is 32.1. The summed E-state index contributed by atoms with van der Waals surface area (Å²) < 4.78 is 5.21. The number of hydrogen-bond acceptors (Lipinski definition) is 3. The Morgan fingerprint density at radius 2 is 1.63 bits per heavy atom. The molecule has 1 N–H and O–H groups in total. The molecule has 1 atom stereocenters. The molecular formula is C23H31NO3. The fourth-order valence-electron chi connectivity index (χ4n) is 6.21. The molecule has 0 heterocycles. The highest BCUT2D eigenvalue weighted by Crippen LogP contribution is 2.61. The molecule has 1 amide bonds. The van der Waals surface area contributed by atoms with Crippen LogP contribution in [0.5, 0.6) is 0 Å². The summed E-state index contributed by atoms with van der Waals surface area (Å²) in [6.07, 6.45) is 8.18. The summed E-state index contributed by atoms with van der Waals surface area (Å²) >= 11 is 0. The van der Waals surface area contributed by atoms with Crippen LogP contribution in [-0.4, -0.2) is 24.5 Å². The summed E-state index contributed by atoms with van der Waals surface area (Å²) in [7, 11) is 0. The average molecular weight is 370 g/mol. The second-order valence-electron chi connectivity index (χ2n) is 9.39. The second kappa shape index (κ2) is 7.29. The maximum atomic E-state index is 12.4. The van der Waals surface area contributed by atoms with Crippen molar-refractivity contribution in [3.05, 3.63) is 35.4 Å². The van der Waals surface area contributed by atoms with E-state index in [1.165, 1.54) is 38.5 Å². The van der Waals surface area contributed by atoms with Gasteiger partial charge in [-0.2, -0.15) is 0 Å². The summed E-state index contributed by atoms with van der Waals surface area (Å²) in [5.41, 5.74) is 2.34. The van der Waals surface area contributed by atoms with Crippen molar-refractivity contribution >= 4 is 11.9 Å². The third-order valence-electron chi connectivity index (χ3n) is 7.21. The minimum absolute atomic E-state index is 0.161. The first kappa shape index (κ1) is 18.5. The SMILES string of the molecule is Cc1ccc(CC(=O)OCC(=O)N[C@H](C)C23CC4CC(CC(C4)C2)C3)cc1. The quantitative estimate of drug-likeness (QED) is 0.776. The number of carbonyl (C=O) groups excluding carboxylic acids is 2. The predicted octanol–water partition coefficient (Wildman–Crippen LogP) is 3.80. The minimum Gasteiger partial charge on any atom is -0.455 e. The fraction of sp³-hybridized carbons (Fsp3) is 0.652. The Balaban J connectivity index is 1.25. The maximum absolute atomic E-state index is 12.4. The smallest absolute Gasteiger partial charge is 0.310 e. The lowest BCUT2D eigenvalue weighted by Crippen LogP contribution is -2.56. The number of benzene rings is 1. The van der Waals surface area contributed by atoms with E-state index in [1.807, 2.05) is 31.2 Å². The summed E-state index contributed by atoms with van der Waals surface area (Å²) in [5, 5.41) is 3.15. The Labute approximate surface area is 162 Å². The molecule has 4 aliphatic carbocycles. The second-order valence-corrected chi connectivity index (χ2v) is 9.39. The minimum atomic E-state index is -0.350. The van der Waals surface area contributed by atoms with E-state index in [2.05, 4.69) is 12.2 Å². The number of amides is 1. The van der Waals surface area contributed by atoms with Crippen LogP contribution in [-0.2, 0) is 20.7 Å². The molecular weight excluding hydrogens is 338 g/mol. The van der Waals surface area contributed by atoms with Crippen LogP contribution in [0.25, 0.3) is 0 Å². The van der Waals surface area contributed by atoms with E-state index in [1.54, 1.807) is 0 Å². The number of nitrogens with one attached hydrogen (secondary N) is 1. The highest BCUT2D eigenvalue weighted by atomic mass is 16.5. The first-order valence-electron chi connectivity index (χ1n) is 10.4. The van der Waals surface area contributed by atoms with E-state index in [0.717, 1.165) is 28.9 Å². The topological polar surface area (TPSA) is 55.4 Å². The van der Waals surface area contributed by atoms with Crippen molar-refractivity contribution in [2.45, 2.75) is 64.8 Å². The van der Waals surface area contributed by atoms with Gasteiger partial charge in [0.15, 0.2) is 6.61 Å². The number of ether oxygens (including phenoxy) is 1. The van der Waals surface area contributed by atoms with Gasteiger partial charge < -0.3 is 10.1 Å². The van der Waals surface area contributed by atoms with E-state index in [-0.39, 0.29) is 36.4 Å². The summed E-state index contributed by atoms with van der Waals surface area (Å²) in [5.74, 6) is 2.07. The highest BCUT2D eigenvalue weighted by molar-refractivity contribution is 5.81. The lowest BCUT2D eigenvalue weighted by molar-refractivity contribution is -0.148. The van der Waals surface area contributed by atoms with Gasteiger partial charge in [-0.3, -0.25) is 9.59 Å². The Morgan fingerprint density at radius 3 is 2.19 bits per heavy atom. The Kier molecular flexibility index (Phi) is 5.00. The van der Waals surface area contributed by atoms with Gasteiger partial charge in [0, 0.05) is 6.04 Å². The molecule has 4 saturated carbocycles. The summed E-state index contributed by atoms with van der Waals surface area (Å²) in [6, 6.07) is 7.96. The van der Waals surface area contributed by atoms with E-state index in [0.29, 0.717) is 0 Å². The van der Waals surface area contributed by atoms with Crippen LogP contribution in [0, 0.1) is 30.1 Å². The lowest BCUT2D eigenvalue weighted by Gasteiger charge is -2.59. The Morgan fingerprint density at radius 1 is 1.07 bits per heavy atom. The van der Waals surface area contributed by atoms with Crippen molar-refractivity contribution in [2.75, 3.05) is 6.61 Å². The zero-order chi connectivity index (χ0) is 19.0. The van der Waals surface area contributed by atoms with Gasteiger partial charge in [0.1, 0.15) is 0 Å². The molecule has 0 unspecified atom stereocenters. The molecule has 0 spiro atoms. The van der Waals surface area contributed by atoms with Crippen LogP contribution in [0.1, 0.15) is 56.6 Å². The van der Waals surface area contributed by atoms with Crippen LogP contribution in [0.4, 0.5) is 0 Å². The van der Waals surface area contributed by atoms with Crippen molar-refractivity contribution in [1.82, 2.24) is 5.32 Å². The van der Waals surface area contributed by atoms with E-state index < -0.39 is 0 Å². The average Bonchev–Trinajstić information content (AvgIpc) is 2.61. The first-order valence-corrected chi connectivity index (χ1v) is 10.4. The maximum Gasteiger partial charge on any atom is 0.310 e. The third-order valence-corrected chi connectivity index (χ3v) is 7.21. The molecule has 0 aromatic heterocycles. The first-order chi connectivity index (χ1) is 12.9. The molecule has 146 valence electrons. The molecule has 1 aromatic carbocycles. The van der Waals surface area contributed by atoms with E-state index in [4.69, 9.17) is 4.74 Å². The van der Waals surface area contributed by atoms with E-state index >= 15 is 0 Å². The summed E-state index contributed by atoms with van der Waals surface area (Å²) in [4.78, 5) is 24.4. The third kappa shape index (κ3) is 4.04. The van der Waals surface area contributed by atoms with Gasteiger partial charge in [0.05, 0.1) is 6.42 Å². The molecule has 4 aliphatic rings. The van der Waals surface area contributed by atoms with Crippen LogP contribution >= 0.6 is 0 Å². The monoisotopic (exact) mass is 369 g/mol. The Bertz CT molecular complexity index is 674. The highest BCUT2D eigenvalue weighted by Gasteiger charge is 2.53. The number of aryl methyl sites for hydroxylation is 1. The molecule has 4 bridgehead atoms. The molecule has 1 aromatic rings. The van der Waals surface area contributed by atoms with Crippen molar-refractivity contribution in [3.8, 4) is 0 Å². The largest absolute Gasteiger partial charge is 0.455 e. The zero-order valence-electron chi connectivity index (χ0n) is 16.5. The van der Waals surface area contributed by atoms with Crippen molar-refractivity contribution in [1.29, 1.82) is 0 Å². The number of hydrogen-bond donors (Lipinski definition) is 1.